The molecule has 0 radical (unpaired) electrons. The van der Waals surface area contributed by atoms with Gasteiger partial charge in [-0.15, -0.1) is 0 Å². The highest BCUT2D eigenvalue weighted by atomic mass is 35.5. The first-order chi connectivity index (χ1) is 16.4. The molecule has 9 nitrogen and oxygen atoms in total. The Kier molecular flexibility index (Phi) is 6.30. The lowest BCUT2D eigenvalue weighted by molar-refractivity contribution is 0.313. The van der Waals surface area contributed by atoms with Gasteiger partial charge < -0.3 is 20.4 Å². The predicted octanol–water partition coefficient (Wildman–Crippen LogP) is 3.20. The molecule has 0 bridgehead atoms. The molecule has 0 unspecified atom stereocenters. The number of rotatable bonds is 5. The van der Waals surface area contributed by atoms with Crippen LogP contribution in [0.5, 0.6) is 0 Å². The van der Waals surface area contributed by atoms with Gasteiger partial charge in [-0.1, -0.05) is 17.7 Å². The Bertz CT molecular complexity index is 1290. The fourth-order valence-corrected chi connectivity index (χ4v) is 5.55. The molecule has 0 spiro atoms. The molecule has 11 heteroatoms. The van der Waals surface area contributed by atoms with E-state index in [9.17, 15) is 8.42 Å². The van der Waals surface area contributed by atoms with Crippen LogP contribution < -0.4 is 20.3 Å². The van der Waals surface area contributed by atoms with Crippen molar-refractivity contribution < 1.29 is 8.42 Å². The topological polar surface area (TPSA) is 102 Å². The number of anilines is 5. The summed E-state index contributed by atoms with van der Waals surface area (Å²) >= 11 is 6.31. The second-order valence-corrected chi connectivity index (χ2v) is 10.6. The summed E-state index contributed by atoms with van der Waals surface area (Å²) in [6.07, 6.45) is 2.17. The van der Waals surface area contributed by atoms with Crippen molar-refractivity contribution in [1.82, 2.24) is 19.6 Å². The number of piperazine rings is 1. The van der Waals surface area contributed by atoms with Crippen molar-refractivity contribution in [1.29, 1.82) is 0 Å². The summed E-state index contributed by atoms with van der Waals surface area (Å²) in [6.45, 7) is 4.55. The molecular weight excluding hydrogens is 474 g/mol. The van der Waals surface area contributed by atoms with Crippen molar-refractivity contribution in [3.05, 3.63) is 59.2 Å². The van der Waals surface area contributed by atoms with Gasteiger partial charge >= 0.3 is 0 Å². The molecule has 3 N–H and O–H groups in total. The lowest BCUT2D eigenvalue weighted by Crippen LogP contribution is -2.44. The molecule has 1 saturated heterocycles. The van der Waals surface area contributed by atoms with Gasteiger partial charge in [0.05, 0.1) is 11.1 Å². The van der Waals surface area contributed by atoms with E-state index in [1.807, 2.05) is 24.3 Å². The smallest absolute Gasteiger partial charge is 0.240 e. The molecule has 2 aromatic carbocycles. The van der Waals surface area contributed by atoms with Crippen molar-refractivity contribution in [3.63, 3.8) is 0 Å². The Labute approximate surface area is 204 Å². The Morgan fingerprint density at radius 2 is 1.74 bits per heavy atom. The van der Waals surface area contributed by atoms with E-state index in [-0.39, 0.29) is 4.90 Å². The fourth-order valence-electron chi connectivity index (χ4n) is 4.09. The summed E-state index contributed by atoms with van der Waals surface area (Å²) in [6, 6.07) is 13.4. The molecule has 1 aromatic heterocycles. The second-order valence-electron chi connectivity index (χ2n) is 8.45. The number of sulfonamides is 1. The summed E-state index contributed by atoms with van der Waals surface area (Å²) in [5.41, 5.74) is 3.42. The van der Waals surface area contributed by atoms with Gasteiger partial charge in [-0.2, -0.15) is 4.98 Å². The zero-order chi connectivity index (χ0) is 23.7. The van der Waals surface area contributed by atoms with Gasteiger partial charge in [-0.25, -0.2) is 18.1 Å². The normalized spacial score (nSPS) is 17.8. The minimum absolute atomic E-state index is 0.271. The van der Waals surface area contributed by atoms with Gasteiger partial charge in [0.1, 0.15) is 5.02 Å². The number of hydrogen-bond donors (Lipinski definition) is 3. The Morgan fingerprint density at radius 3 is 2.50 bits per heavy atom. The number of nitrogens with one attached hydrogen (secondary N) is 3. The molecule has 0 aliphatic carbocycles. The predicted molar refractivity (Wildman–Crippen MR) is 135 cm³/mol. The highest BCUT2D eigenvalue weighted by Gasteiger charge is 2.23. The van der Waals surface area contributed by atoms with E-state index < -0.39 is 10.0 Å². The van der Waals surface area contributed by atoms with Crippen LogP contribution in [0.2, 0.25) is 5.02 Å². The first-order valence-electron chi connectivity index (χ1n) is 11.1. The first-order valence-corrected chi connectivity index (χ1v) is 13.0. The summed E-state index contributed by atoms with van der Waals surface area (Å²) in [7, 11) is -1.36. The number of likely N-dealkylation sites (N-methyl/N-ethyl adjacent to an activating group) is 1. The molecule has 2 aliphatic heterocycles. The first kappa shape index (κ1) is 22.9. The Hall–Kier alpha value is -2.92. The molecule has 3 heterocycles. The molecule has 0 atom stereocenters. The van der Waals surface area contributed by atoms with Crippen molar-refractivity contribution in [2.75, 3.05) is 55.3 Å². The van der Waals surface area contributed by atoms with Crippen molar-refractivity contribution in [3.8, 4) is 0 Å². The van der Waals surface area contributed by atoms with Crippen LogP contribution in [0, 0.1) is 0 Å². The molecule has 178 valence electrons. The second kappa shape index (κ2) is 9.38. The summed E-state index contributed by atoms with van der Waals surface area (Å²) in [5, 5.41) is 6.65. The fraction of sp³-hybridized carbons (Fsp3) is 0.304. The van der Waals surface area contributed by atoms with Gasteiger partial charge in [0.25, 0.3) is 0 Å². The number of aromatic nitrogens is 2. The van der Waals surface area contributed by atoms with Gasteiger partial charge in [0.15, 0.2) is 5.82 Å². The lowest BCUT2D eigenvalue weighted by Gasteiger charge is -2.34. The van der Waals surface area contributed by atoms with Crippen LogP contribution in [0.1, 0.15) is 5.56 Å². The molecule has 5 rings (SSSR count). The molecular formula is C23H26ClN7O2S. The largest absolute Gasteiger partial charge is 0.369 e. The number of fused-ring (bicyclic) bond motifs is 1. The highest BCUT2D eigenvalue weighted by Crippen LogP contribution is 2.29. The van der Waals surface area contributed by atoms with E-state index in [1.165, 1.54) is 11.9 Å². The molecule has 2 aliphatic rings. The monoisotopic (exact) mass is 499 g/mol. The van der Waals surface area contributed by atoms with Crippen molar-refractivity contribution in [2.45, 2.75) is 11.3 Å². The standard InChI is InChI=1S/C23H26ClN7O2S/c1-30-10-12-31(13-11-30)19-6-4-17(5-7-19)28-23-25-15-20(24)22(29-23)27-18-3-2-16-8-9-26-34(32,33)21(16)14-18/h2-7,14-15,26H,8-13H2,1H3,(H2,25,27,28,29). The van der Waals surface area contributed by atoms with Gasteiger partial charge in [0, 0.05) is 49.8 Å². The van der Waals surface area contributed by atoms with Crippen LogP contribution in [0.4, 0.5) is 28.8 Å². The Balaban J connectivity index is 1.31. The molecule has 34 heavy (non-hydrogen) atoms. The van der Waals surface area contributed by atoms with E-state index in [2.05, 4.69) is 54.3 Å². The van der Waals surface area contributed by atoms with E-state index >= 15 is 0 Å². The summed E-state index contributed by atoms with van der Waals surface area (Å²) in [4.78, 5) is 13.7. The summed E-state index contributed by atoms with van der Waals surface area (Å²) < 4.78 is 27.2. The molecule has 0 amide bonds. The SMILES string of the molecule is CN1CCN(c2ccc(Nc3ncc(Cl)c(Nc4ccc5c(c4)S(=O)(=O)NCC5)n3)cc2)CC1. The lowest BCUT2D eigenvalue weighted by atomic mass is 10.1. The highest BCUT2D eigenvalue weighted by molar-refractivity contribution is 7.89. The third-order valence-corrected chi connectivity index (χ3v) is 7.86. The van der Waals surface area contributed by atoms with Crippen molar-refractivity contribution in [2.24, 2.45) is 0 Å². The van der Waals surface area contributed by atoms with E-state index in [1.54, 1.807) is 6.07 Å². The van der Waals surface area contributed by atoms with Crippen LogP contribution in [-0.2, 0) is 16.4 Å². The average Bonchev–Trinajstić information content (AvgIpc) is 2.83. The van der Waals surface area contributed by atoms with Crippen LogP contribution >= 0.6 is 11.6 Å². The third kappa shape index (κ3) is 4.95. The van der Waals surface area contributed by atoms with E-state index in [4.69, 9.17) is 11.6 Å². The van der Waals surface area contributed by atoms with Crippen LogP contribution in [0.25, 0.3) is 0 Å². The minimum Gasteiger partial charge on any atom is -0.369 e. The van der Waals surface area contributed by atoms with Crippen LogP contribution in [-0.4, -0.2) is 63.1 Å². The maximum absolute atomic E-state index is 12.3. The molecule has 0 saturated carbocycles. The number of benzene rings is 2. The van der Waals surface area contributed by atoms with Crippen molar-refractivity contribution >= 4 is 50.5 Å². The number of nitrogens with zero attached hydrogens (tertiary/aromatic N) is 4. The maximum Gasteiger partial charge on any atom is 0.240 e. The Morgan fingerprint density at radius 1 is 1.00 bits per heavy atom. The average molecular weight is 500 g/mol. The minimum atomic E-state index is -3.50. The van der Waals surface area contributed by atoms with Crippen LogP contribution in [0.15, 0.2) is 53.6 Å². The molecule has 1 fully saturated rings. The quantitative estimate of drug-likeness (QED) is 0.492. The van der Waals surface area contributed by atoms with Crippen LogP contribution in [0.3, 0.4) is 0 Å². The third-order valence-electron chi connectivity index (χ3n) is 6.04. The maximum atomic E-state index is 12.3. The zero-order valence-electron chi connectivity index (χ0n) is 18.8. The summed E-state index contributed by atoms with van der Waals surface area (Å²) in [5.74, 6) is 0.765. The molecule has 3 aromatic rings. The number of hydrogen-bond acceptors (Lipinski definition) is 8. The number of halogens is 1. The van der Waals surface area contributed by atoms with Gasteiger partial charge in [-0.3, -0.25) is 0 Å². The van der Waals surface area contributed by atoms with E-state index in [0.717, 1.165) is 37.4 Å². The van der Waals surface area contributed by atoms with Gasteiger partial charge in [0.2, 0.25) is 16.0 Å². The van der Waals surface area contributed by atoms with Gasteiger partial charge in [-0.05, 0) is 55.4 Å². The van der Waals surface area contributed by atoms with E-state index in [0.29, 0.717) is 35.4 Å². The zero-order valence-corrected chi connectivity index (χ0v) is 20.3.